The Morgan fingerprint density at radius 2 is 2.16 bits per heavy atom. The maximum absolute atomic E-state index is 10.8. The van der Waals surface area contributed by atoms with E-state index < -0.39 is 7.82 Å². The van der Waals surface area contributed by atoms with Crippen molar-refractivity contribution in [3.8, 4) is 0 Å². The van der Waals surface area contributed by atoms with Gasteiger partial charge in [-0.3, -0.25) is 4.52 Å². The Morgan fingerprint density at radius 3 is 2.88 bits per heavy atom. The Kier molecular flexibility index (Phi) is 3.99. The van der Waals surface area contributed by atoms with Crippen LogP contribution in [0.15, 0.2) is 18.5 Å². The highest BCUT2D eigenvalue weighted by atomic mass is 31.2. The number of phosphoric acid groups is 1. The van der Waals surface area contributed by atoms with Gasteiger partial charge in [0.2, 0.25) is 5.95 Å². The number of phosphoric ester groups is 1. The van der Waals surface area contributed by atoms with Crippen LogP contribution in [0.4, 0.5) is 11.8 Å². The summed E-state index contributed by atoms with van der Waals surface area (Å²) in [7, 11) is -4.46. The molecule has 0 saturated heterocycles. The van der Waals surface area contributed by atoms with E-state index in [1.165, 1.54) is 0 Å². The molecule has 2 aromatic rings. The Labute approximate surface area is 143 Å². The van der Waals surface area contributed by atoms with Crippen LogP contribution in [0.5, 0.6) is 0 Å². The fraction of sp³-hybridized carbons (Fsp3) is 0.500. The number of allylic oxidation sites excluding steroid dienone is 1. The molecule has 0 spiro atoms. The van der Waals surface area contributed by atoms with Crippen LogP contribution in [0.3, 0.4) is 0 Å². The molecular formula is C14H19N6O4P. The van der Waals surface area contributed by atoms with E-state index in [0.29, 0.717) is 29.4 Å². The average molecular weight is 366 g/mol. The molecule has 10 nitrogen and oxygen atoms in total. The van der Waals surface area contributed by atoms with E-state index in [-0.39, 0.29) is 24.5 Å². The SMILES string of the molecule is Nc1nc(NC2CC2)c2ncn([C@H]3C=C[C@H](COP(=O)(O)O)C3)c2n1. The molecule has 0 unspecified atom stereocenters. The number of hydrogen-bond donors (Lipinski definition) is 4. The molecular weight excluding hydrogens is 347 g/mol. The zero-order valence-electron chi connectivity index (χ0n) is 13.3. The molecule has 0 amide bonds. The number of imidazole rings is 1. The highest BCUT2D eigenvalue weighted by molar-refractivity contribution is 7.46. The molecule has 2 atom stereocenters. The number of fused-ring (bicyclic) bond motifs is 1. The molecule has 11 heteroatoms. The highest BCUT2D eigenvalue weighted by Crippen LogP contribution is 2.39. The summed E-state index contributed by atoms with van der Waals surface area (Å²) in [6, 6.07) is 0.390. The van der Waals surface area contributed by atoms with Crippen LogP contribution in [-0.4, -0.2) is 42.0 Å². The number of anilines is 2. The van der Waals surface area contributed by atoms with Crippen molar-refractivity contribution >= 4 is 30.8 Å². The molecule has 2 aliphatic carbocycles. The molecule has 0 aromatic carbocycles. The quantitative estimate of drug-likeness (QED) is 0.437. The van der Waals surface area contributed by atoms with Gasteiger partial charge >= 0.3 is 7.82 Å². The molecule has 2 aliphatic rings. The van der Waals surface area contributed by atoms with Gasteiger partial charge < -0.3 is 25.4 Å². The minimum absolute atomic E-state index is 0.0292. The molecule has 0 bridgehead atoms. The lowest BCUT2D eigenvalue weighted by Crippen LogP contribution is -2.11. The van der Waals surface area contributed by atoms with Gasteiger partial charge in [-0.15, -0.1) is 0 Å². The molecule has 2 heterocycles. The van der Waals surface area contributed by atoms with Crippen molar-refractivity contribution in [2.24, 2.45) is 5.92 Å². The van der Waals surface area contributed by atoms with Gasteiger partial charge in [-0.05, 0) is 19.3 Å². The van der Waals surface area contributed by atoms with Crippen LogP contribution >= 0.6 is 7.82 Å². The average Bonchev–Trinajstić information content (AvgIpc) is 3.06. The lowest BCUT2D eigenvalue weighted by molar-refractivity contribution is 0.177. The number of rotatable bonds is 6. The maximum atomic E-state index is 10.8. The van der Waals surface area contributed by atoms with Gasteiger partial charge in [0.15, 0.2) is 17.0 Å². The molecule has 1 saturated carbocycles. The van der Waals surface area contributed by atoms with Crippen LogP contribution in [0.2, 0.25) is 0 Å². The second kappa shape index (κ2) is 6.06. The van der Waals surface area contributed by atoms with Crippen LogP contribution in [0, 0.1) is 5.92 Å². The van der Waals surface area contributed by atoms with Crippen molar-refractivity contribution in [1.82, 2.24) is 19.5 Å². The zero-order chi connectivity index (χ0) is 17.6. The minimum Gasteiger partial charge on any atom is -0.368 e. The third-order valence-electron chi connectivity index (χ3n) is 4.32. The summed E-state index contributed by atoms with van der Waals surface area (Å²) in [6.45, 7) is -0.0322. The standard InChI is InChI=1S/C14H19N6O4P/c15-14-18-12(17-9-2-3-9)11-13(19-14)20(7-16-11)10-4-1-8(5-10)6-24-25(21,22)23/h1,4,7-10H,2-3,5-6H2,(H2,21,22,23)(H3,15,17,18,19)/t8-,10-/m0/s1. The minimum atomic E-state index is -4.46. The summed E-state index contributed by atoms with van der Waals surface area (Å²) in [5, 5.41) is 3.32. The van der Waals surface area contributed by atoms with Crippen LogP contribution < -0.4 is 11.1 Å². The van der Waals surface area contributed by atoms with Gasteiger partial charge in [0.05, 0.1) is 19.0 Å². The van der Waals surface area contributed by atoms with Crippen molar-refractivity contribution in [1.29, 1.82) is 0 Å². The lowest BCUT2D eigenvalue weighted by atomic mass is 10.1. The second-order valence-electron chi connectivity index (χ2n) is 6.41. The molecule has 2 aromatic heterocycles. The number of nitrogens with one attached hydrogen (secondary N) is 1. The van der Waals surface area contributed by atoms with Crippen LogP contribution in [-0.2, 0) is 9.09 Å². The van der Waals surface area contributed by atoms with E-state index in [9.17, 15) is 4.57 Å². The van der Waals surface area contributed by atoms with Crippen molar-refractivity contribution in [3.63, 3.8) is 0 Å². The second-order valence-corrected chi connectivity index (χ2v) is 7.65. The van der Waals surface area contributed by atoms with Gasteiger partial charge in [-0.25, -0.2) is 9.55 Å². The first-order chi connectivity index (χ1) is 11.9. The van der Waals surface area contributed by atoms with Crippen molar-refractivity contribution in [2.75, 3.05) is 17.7 Å². The largest absolute Gasteiger partial charge is 0.469 e. The van der Waals surface area contributed by atoms with Gasteiger partial charge in [-0.2, -0.15) is 9.97 Å². The van der Waals surface area contributed by atoms with Gasteiger partial charge in [0, 0.05) is 12.0 Å². The molecule has 134 valence electrons. The molecule has 0 aliphatic heterocycles. The normalized spacial score (nSPS) is 23.4. The Balaban J connectivity index is 1.55. The van der Waals surface area contributed by atoms with E-state index in [1.54, 1.807) is 6.33 Å². The summed E-state index contributed by atoms with van der Waals surface area (Å²) in [4.78, 5) is 30.6. The van der Waals surface area contributed by atoms with E-state index in [1.807, 2.05) is 16.7 Å². The van der Waals surface area contributed by atoms with Crippen molar-refractivity contribution < 1.29 is 18.9 Å². The lowest BCUT2D eigenvalue weighted by Gasteiger charge is -2.14. The Hall–Kier alpha value is -2.00. The Bertz CT molecular complexity index is 874. The number of nitrogens with two attached hydrogens (primary N) is 1. The third-order valence-corrected chi connectivity index (χ3v) is 4.81. The highest BCUT2D eigenvalue weighted by Gasteiger charge is 2.27. The molecule has 25 heavy (non-hydrogen) atoms. The van der Waals surface area contributed by atoms with Crippen molar-refractivity contribution in [2.45, 2.75) is 31.3 Å². The third kappa shape index (κ3) is 3.67. The maximum Gasteiger partial charge on any atom is 0.469 e. The number of aromatic nitrogens is 4. The molecule has 5 N–H and O–H groups in total. The Morgan fingerprint density at radius 1 is 1.36 bits per heavy atom. The number of nitrogens with zero attached hydrogens (tertiary/aromatic N) is 4. The first-order valence-corrected chi connectivity index (χ1v) is 9.57. The number of hydrogen-bond acceptors (Lipinski definition) is 7. The number of nitrogen functional groups attached to an aromatic ring is 1. The molecule has 0 radical (unpaired) electrons. The summed E-state index contributed by atoms with van der Waals surface area (Å²) in [6.07, 6.45) is 8.40. The van der Waals surface area contributed by atoms with Crippen LogP contribution in [0.25, 0.3) is 11.2 Å². The first kappa shape index (κ1) is 16.5. The zero-order valence-corrected chi connectivity index (χ0v) is 14.2. The first-order valence-electron chi connectivity index (χ1n) is 8.04. The van der Waals surface area contributed by atoms with E-state index in [2.05, 4.69) is 24.8 Å². The van der Waals surface area contributed by atoms with Gasteiger partial charge in [-0.1, -0.05) is 12.2 Å². The summed E-state index contributed by atoms with van der Waals surface area (Å²) >= 11 is 0. The summed E-state index contributed by atoms with van der Waals surface area (Å²) in [5.41, 5.74) is 7.15. The fourth-order valence-corrected chi connectivity index (χ4v) is 3.36. The monoisotopic (exact) mass is 366 g/mol. The predicted octanol–water partition coefficient (Wildman–Crippen LogP) is 1.21. The van der Waals surface area contributed by atoms with E-state index >= 15 is 0 Å². The van der Waals surface area contributed by atoms with Gasteiger partial charge in [0.1, 0.15) is 0 Å². The predicted molar refractivity (Wildman–Crippen MR) is 90.7 cm³/mol. The van der Waals surface area contributed by atoms with E-state index in [0.717, 1.165) is 12.8 Å². The summed E-state index contributed by atoms with van der Waals surface area (Å²) < 4.78 is 17.3. The van der Waals surface area contributed by atoms with Gasteiger partial charge in [0.25, 0.3) is 0 Å². The molecule has 4 rings (SSSR count). The smallest absolute Gasteiger partial charge is 0.368 e. The van der Waals surface area contributed by atoms with Crippen LogP contribution in [0.1, 0.15) is 25.3 Å². The summed E-state index contributed by atoms with van der Waals surface area (Å²) in [5.74, 6) is 0.742. The van der Waals surface area contributed by atoms with Crippen molar-refractivity contribution in [3.05, 3.63) is 18.5 Å². The topological polar surface area (TPSA) is 148 Å². The fourth-order valence-electron chi connectivity index (χ4n) is 2.97. The van der Waals surface area contributed by atoms with E-state index in [4.69, 9.17) is 15.5 Å². The molecule has 1 fully saturated rings.